The molecule has 1 aliphatic carbocycles. The summed E-state index contributed by atoms with van der Waals surface area (Å²) in [6.45, 7) is 12.7. The second-order valence-corrected chi connectivity index (χ2v) is 10.7. The first kappa shape index (κ1) is 28.4. The van der Waals surface area contributed by atoms with Crippen LogP contribution in [0.2, 0.25) is 0 Å². The number of H-pyrrole nitrogens is 1. The highest BCUT2D eigenvalue weighted by Gasteiger charge is 2.33. The summed E-state index contributed by atoms with van der Waals surface area (Å²) in [5.74, 6) is 1.26. The number of aromatic nitrogens is 2. The lowest BCUT2D eigenvalue weighted by Gasteiger charge is -2.38. The predicted molar refractivity (Wildman–Crippen MR) is 155 cm³/mol. The van der Waals surface area contributed by atoms with Crippen molar-refractivity contribution < 1.29 is 9.59 Å². The van der Waals surface area contributed by atoms with E-state index in [4.69, 9.17) is 5.41 Å². The van der Waals surface area contributed by atoms with Crippen LogP contribution in [0.1, 0.15) is 38.8 Å². The molecule has 0 spiro atoms. The number of hydrogen-bond acceptors (Lipinski definition) is 7. The van der Waals surface area contributed by atoms with Crippen LogP contribution in [-0.4, -0.2) is 107 Å². The van der Waals surface area contributed by atoms with Crippen LogP contribution in [0.15, 0.2) is 42.8 Å². The highest BCUT2D eigenvalue weighted by molar-refractivity contribution is 5.88. The fraction of sp³-hybridized carbons (Fsp3) is 0.536. The van der Waals surface area contributed by atoms with Crippen molar-refractivity contribution in [1.29, 1.82) is 5.41 Å². The van der Waals surface area contributed by atoms with Gasteiger partial charge in [-0.3, -0.25) is 29.9 Å². The minimum atomic E-state index is -0.435. The summed E-state index contributed by atoms with van der Waals surface area (Å²) < 4.78 is 1.67. The van der Waals surface area contributed by atoms with Gasteiger partial charge in [-0.25, -0.2) is 4.68 Å². The number of rotatable bonds is 11. The Balaban J connectivity index is 1.30. The maximum atomic E-state index is 13.2. The molecule has 11 heteroatoms. The highest BCUT2D eigenvalue weighted by atomic mass is 16.2. The van der Waals surface area contributed by atoms with Gasteiger partial charge in [-0.05, 0) is 57.8 Å². The van der Waals surface area contributed by atoms with Crippen molar-refractivity contribution >= 4 is 29.5 Å². The third-order valence-electron chi connectivity index (χ3n) is 7.91. The van der Waals surface area contributed by atoms with Crippen LogP contribution in [-0.2, 0) is 9.59 Å². The number of likely N-dealkylation sites (tertiary alicyclic amines) is 1. The van der Waals surface area contributed by atoms with Gasteiger partial charge in [-0.15, -0.1) is 0 Å². The van der Waals surface area contributed by atoms with Gasteiger partial charge in [0.1, 0.15) is 29.7 Å². The number of anilines is 1. The molecule has 3 aliphatic rings. The lowest BCUT2D eigenvalue weighted by Crippen LogP contribution is -2.54. The fourth-order valence-corrected chi connectivity index (χ4v) is 5.51. The zero-order valence-electron chi connectivity index (χ0n) is 23.4. The number of amides is 2. The van der Waals surface area contributed by atoms with Gasteiger partial charge in [0.15, 0.2) is 0 Å². The molecule has 2 aliphatic heterocycles. The third-order valence-corrected chi connectivity index (χ3v) is 7.91. The molecular formula is C28H43N9O2. The van der Waals surface area contributed by atoms with E-state index in [1.165, 1.54) is 19.2 Å². The predicted octanol–water partition coefficient (Wildman–Crippen LogP) is 1.78. The summed E-state index contributed by atoms with van der Waals surface area (Å²) in [6, 6.07) is -0.435. The Bertz CT molecular complexity index is 1150. The van der Waals surface area contributed by atoms with Crippen LogP contribution in [0, 0.1) is 5.41 Å². The number of hydrogen-bond donors (Lipinski definition) is 5. The second kappa shape index (κ2) is 12.5. The molecule has 39 heavy (non-hydrogen) atoms. The van der Waals surface area contributed by atoms with E-state index in [1.54, 1.807) is 23.9 Å². The normalized spacial score (nSPS) is 23.3. The van der Waals surface area contributed by atoms with Crippen molar-refractivity contribution in [2.75, 3.05) is 58.2 Å². The van der Waals surface area contributed by atoms with Gasteiger partial charge < -0.3 is 20.9 Å². The Morgan fingerprint density at radius 2 is 1.92 bits per heavy atom. The van der Waals surface area contributed by atoms with E-state index in [2.05, 4.69) is 57.7 Å². The first-order valence-corrected chi connectivity index (χ1v) is 13.8. The van der Waals surface area contributed by atoms with Crippen LogP contribution in [0.5, 0.6) is 0 Å². The van der Waals surface area contributed by atoms with Gasteiger partial charge in [0.2, 0.25) is 11.8 Å². The zero-order valence-corrected chi connectivity index (χ0v) is 23.4. The molecule has 0 aromatic carbocycles. The van der Waals surface area contributed by atoms with E-state index in [0.717, 1.165) is 36.6 Å². The maximum Gasteiger partial charge on any atom is 0.244 e. The largest absolute Gasteiger partial charge is 0.375 e. The Morgan fingerprint density at radius 1 is 1.21 bits per heavy atom. The summed E-state index contributed by atoms with van der Waals surface area (Å²) in [6.07, 6.45) is 14.7. The van der Waals surface area contributed by atoms with Crippen molar-refractivity contribution in [2.24, 2.45) is 0 Å². The zero-order chi connectivity index (χ0) is 28.0. The van der Waals surface area contributed by atoms with Gasteiger partial charge in [0.25, 0.3) is 0 Å². The molecule has 11 nitrogen and oxygen atoms in total. The Labute approximate surface area is 231 Å². The molecule has 0 bridgehead atoms. The molecule has 5 N–H and O–H groups in total. The number of carbonyl (C=O) groups is 2. The number of aromatic amines is 1. The lowest BCUT2D eigenvalue weighted by molar-refractivity contribution is -0.133. The molecule has 0 saturated carbocycles. The van der Waals surface area contributed by atoms with Gasteiger partial charge in [-0.2, -0.15) is 0 Å². The minimum Gasteiger partial charge on any atom is -0.375 e. The molecule has 2 saturated heterocycles. The van der Waals surface area contributed by atoms with Crippen molar-refractivity contribution in [2.45, 2.75) is 44.7 Å². The summed E-state index contributed by atoms with van der Waals surface area (Å²) in [4.78, 5) is 32.0. The molecule has 4 rings (SSSR count). The van der Waals surface area contributed by atoms with Crippen LogP contribution >= 0.6 is 0 Å². The monoisotopic (exact) mass is 537 g/mol. The topological polar surface area (TPSA) is 125 Å². The number of allylic oxidation sites excluding steroid dienone is 4. The average Bonchev–Trinajstić information content (AvgIpc) is 3.48. The van der Waals surface area contributed by atoms with Crippen molar-refractivity contribution in [3.63, 3.8) is 0 Å². The number of carbonyl (C=O) groups excluding carboxylic acids is 2. The summed E-state index contributed by atoms with van der Waals surface area (Å²) in [7, 11) is 1.74. The van der Waals surface area contributed by atoms with Crippen molar-refractivity contribution in [1.82, 2.24) is 35.1 Å². The summed E-state index contributed by atoms with van der Waals surface area (Å²) >= 11 is 0. The van der Waals surface area contributed by atoms with E-state index in [9.17, 15) is 9.59 Å². The Morgan fingerprint density at radius 3 is 2.51 bits per heavy atom. The molecule has 2 unspecified atom stereocenters. The van der Waals surface area contributed by atoms with Crippen molar-refractivity contribution in [3.05, 3.63) is 48.5 Å². The van der Waals surface area contributed by atoms with Crippen LogP contribution in [0.3, 0.4) is 0 Å². The van der Waals surface area contributed by atoms with Crippen LogP contribution in [0.4, 0.5) is 5.82 Å². The quantitative estimate of drug-likeness (QED) is 0.167. The highest BCUT2D eigenvalue weighted by Crippen LogP contribution is 2.35. The molecule has 212 valence electrons. The van der Waals surface area contributed by atoms with Gasteiger partial charge in [0, 0.05) is 38.8 Å². The fourth-order valence-electron chi connectivity index (χ4n) is 5.51. The Hall–Kier alpha value is -3.57. The lowest BCUT2D eigenvalue weighted by atomic mass is 9.88. The number of nitrogens with zero attached hydrogens (tertiary/aromatic N) is 4. The molecule has 1 aromatic heterocycles. The number of piperazine rings is 1. The van der Waals surface area contributed by atoms with E-state index in [-0.39, 0.29) is 23.9 Å². The van der Waals surface area contributed by atoms with E-state index in [1.807, 2.05) is 16.7 Å². The first-order chi connectivity index (χ1) is 18.8. The SMILES string of the molecule is C=C/C=C(\NC)NC(=O)CN1CCN(C(=O)C(C)Nc2[nH]n(C=N)c2C2=CCC(C)(N3CCCC3)C=C2)CC1. The molecule has 0 radical (unpaired) electrons. The van der Waals surface area contributed by atoms with E-state index >= 15 is 0 Å². The standard InChI is InChI=1S/C28H43N9O2/c1-5-8-23(30-4)32-24(38)19-34-15-17-35(18-16-34)27(39)21(2)31-26-25(37(20-29)33-26)22-9-11-28(3,12-10-22)36-13-6-7-14-36/h5,8-11,20-21,29-31,33H,1,6-7,12-19H2,2-4H3,(H,32,38)/b23-8+,29-20?. The van der Waals surface area contributed by atoms with E-state index in [0.29, 0.717) is 32.0 Å². The van der Waals surface area contributed by atoms with Crippen LogP contribution < -0.4 is 16.0 Å². The van der Waals surface area contributed by atoms with Crippen molar-refractivity contribution in [3.8, 4) is 0 Å². The smallest absolute Gasteiger partial charge is 0.244 e. The van der Waals surface area contributed by atoms with Gasteiger partial charge >= 0.3 is 0 Å². The van der Waals surface area contributed by atoms with Crippen LogP contribution in [0.25, 0.3) is 5.57 Å². The molecule has 2 fully saturated rings. The number of nitrogens with one attached hydrogen (secondary N) is 5. The molecule has 2 amide bonds. The average molecular weight is 538 g/mol. The second-order valence-electron chi connectivity index (χ2n) is 10.7. The Kier molecular flexibility index (Phi) is 9.13. The van der Waals surface area contributed by atoms with Gasteiger partial charge in [0.05, 0.1) is 6.54 Å². The van der Waals surface area contributed by atoms with Gasteiger partial charge in [-0.1, -0.05) is 30.9 Å². The molecule has 3 heterocycles. The molecule has 2 atom stereocenters. The molecule has 1 aromatic rings. The third kappa shape index (κ3) is 6.54. The summed E-state index contributed by atoms with van der Waals surface area (Å²) in [5.41, 5.74) is 1.96. The molecular weight excluding hydrogens is 494 g/mol. The minimum absolute atomic E-state index is 0.0159. The first-order valence-electron chi connectivity index (χ1n) is 13.8. The maximum absolute atomic E-state index is 13.2. The van der Waals surface area contributed by atoms with E-state index < -0.39 is 6.04 Å². The summed E-state index contributed by atoms with van der Waals surface area (Å²) in [5, 5.41) is 20.0.